The van der Waals surface area contributed by atoms with Crippen LogP contribution in [0.5, 0.6) is 0 Å². The van der Waals surface area contributed by atoms with Crippen molar-refractivity contribution in [3.05, 3.63) is 58.4 Å². The lowest BCUT2D eigenvalue weighted by atomic mass is 10.1. The number of nitrogens with one attached hydrogen (secondary N) is 1. The number of aromatic nitrogens is 1. The number of benzene rings is 1. The van der Waals surface area contributed by atoms with Gasteiger partial charge in [-0.15, -0.1) is 0 Å². The van der Waals surface area contributed by atoms with E-state index in [1.54, 1.807) is 12.3 Å². The lowest BCUT2D eigenvalue weighted by Gasteiger charge is -2.15. The second-order valence-corrected chi connectivity index (χ2v) is 4.67. The van der Waals surface area contributed by atoms with E-state index in [-0.39, 0.29) is 17.7 Å². The third-order valence-electron chi connectivity index (χ3n) is 2.48. The van der Waals surface area contributed by atoms with Crippen molar-refractivity contribution < 1.29 is 4.39 Å². The molecule has 0 saturated carbocycles. The fraction of sp³-hybridized carbons (Fsp3) is 0.154. The minimum Gasteiger partial charge on any atom is -0.361 e. The van der Waals surface area contributed by atoms with Gasteiger partial charge >= 0.3 is 0 Å². The molecule has 17 heavy (non-hydrogen) atoms. The van der Waals surface area contributed by atoms with E-state index < -0.39 is 0 Å². The number of hydrogen-bond acceptors (Lipinski definition) is 2. The summed E-state index contributed by atoms with van der Waals surface area (Å²) < 4.78 is 14.4. The fourth-order valence-corrected chi connectivity index (χ4v) is 1.80. The summed E-state index contributed by atoms with van der Waals surface area (Å²) in [6, 6.07) is 10.9. The maximum atomic E-state index is 13.4. The van der Waals surface area contributed by atoms with Crippen molar-refractivity contribution in [3.63, 3.8) is 0 Å². The molecule has 1 heterocycles. The third kappa shape index (κ3) is 3.03. The highest BCUT2D eigenvalue weighted by Gasteiger charge is 2.08. The Bertz CT molecular complexity index is 499. The molecule has 0 fully saturated rings. The van der Waals surface area contributed by atoms with Crippen LogP contribution in [-0.2, 0) is 0 Å². The van der Waals surface area contributed by atoms with Crippen LogP contribution in [0.1, 0.15) is 18.5 Å². The summed E-state index contributed by atoms with van der Waals surface area (Å²) in [4.78, 5) is 3.97. The van der Waals surface area contributed by atoms with Gasteiger partial charge in [0.2, 0.25) is 0 Å². The first-order valence-electron chi connectivity index (χ1n) is 5.29. The van der Waals surface area contributed by atoms with E-state index in [1.807, 2.05) is 31.2 Å². The highest BCUT2D eigenvalue weighted by molar-refractivity contribution is 9.10. The van der Waals surface area contributed by atoms with E-state index in [0.29, 0.717) is 0 Å². The first-order chi connectivity index (χ1) is 8.16. The van der Waals surface area contributed by atoms with Gasteiger partial charge in [-0.2, -0.15) is 0 Å². The summed E-state index contributed by atoms with van der Waals surface area (Å²) in [5.74, 6) is -0.0561. The quantitative estimate of drug-likeness (QED) is 0.919. The molecule has 1 aromatic carbocycles. The molecule has 1 aromatic heterocycles. The Balaban J connectivity index is 2.14. The predicted molar refractivity (Wildman–Crippen MR) is 70.4 cm³/mol. The third-order valence-corrected chi connectivity index (χ3v) is 3.01. The van der Waals surface area contributed by atoms with Gasteiger partial charge in [0.25, 0.3) is 0 Å². The van der Waals surface area contributed by atoms with Gasteiger partial charge in [-0.25, -0.2) is 9.37 Å². The van der Waals surface area contributed by atoms with E-state index in [4.69, 9.17) is 0 Å². The highest BCUT2D eigenvalue weighted by Crippen LogP contribution is 2.21. The maximum Gasteiger partial charge on any atom is 0.165 e. The standard InChI is InChI=1S/C13H12BrFN2/c1-9(10-4-6-11(14)7-5-10)17-13-12(15)3-2-8-16-13/h2-9H,1H3,(H,16,17). The summed E-state index contributed by atoms with van der Waals surface area (Å²) in [5.41, 5.74) is 1.08. The van der Waals surface area contributed by atoms with Crippen LogP contribution in [0, 0.1) is 5.82 Å². The Kier molecular flexibility index (Phi) is 3.74. The molecule has 0 saturated heterocycles. The Morgan fingerprint density at radius 2 is 1.94 bits per heavy atom. The Hall–Kier alpha value is -1.42. The molecular formula is C13H12BrFN2. The van der Waals surface area contributed by atoms with Gasteiger partial charge < -0.3 is 5.32 Å². The van der Waals surface area contributed by atoms with E-state index >= 15 is 0 Å². The van der Waals surface area contributed by atoms with Crippen LogP contribution in [0.4, 0.5) is 10.2 Å². The Labute approximate surface area is 108 Å². The number of anilines is 1. The number of pyridine rings is 1. The minimum atomic E-state index is -0.337. The van der Waals surface area contributed by atoms with Crippen molar-refractivity contribution in [2.24, 2.45) is 0 Å². The Morgan fingerprint density at radius 3 is 2.59 bits per heavy atom. The maximum absolute atomic E-state index is 13.4. The minimum absolute atomic E-state index is 0.00694. The molecule has 1 unspecified atom stereocenters. The molecule has 1 N–H and O–H groups in total. The molecule has 0 aliphatic rings. The average molecular weight is 295 g/mol. The van der Waals surface area contributed by atoms with Crippen molar-refractivity contribution in [3.8, 4) is 0 Å². The van der Waals surface area contributed by atoms with Crippen molar-refractivity contribution in [2.45, 2.75) is 13.0 Å². The van der Waals surface area contributed by atoms with Gasteiger partial charge in [-0.1, -0.05) is 28.1 Å². The molecule has 0 aliphatic carbocycles. The second kappa shape index (κ2) is 5.27. The van der Waals surface area contributed by atoms with Crippen LogP contribution in [0.15, 0.2) is 47.1 Å². The molecule has 2 nitrogen and oxygen atoms in total. The van der Waals surface area contributed by atoms with Crippen LogP contribution >= 0.6 is 15.9 Å². The number of rotatable bonds is 3. The molecule has 2 rings (SSSR count). The van der Waals surface area contributed by atoms with Crippen LogP contribution in [0.2, 0.25) is 0 Å². The summed E-state index contributed by atoms with van der Waals surface area (Å²) in [5, 5.41) is 3.04. The van der Waals surface area contributed by atoms with Crippen molar-refractivity contribution in [1.29, 1.82) is 0 Å². The van der Waals surface area contributed by atoms with Crippen LogP contribution < -0.4 is 5.32 Å². The summed E-state index contributed by atoms with van der Waals surface area (Å²) in [6.07, 6.45) is 1.57. The molecule has 0 radical (unpaired) electrons. The summed E-state index contributed by atoms with van der Waals surface area (Å²) in [7, 11) is 0. The largest absolute Gasteiger partial charge is 0.361 e. The number of hydrogen-bond donors (Lipinski definition) is 1. The second-order valence-electron chi connectivity index (χ2n) is 3.75. The number of halogens is 2. The molecule has 4 heteroatoms. The van der Waals surface area contributed by atoms with Gasteiger partial charge in [0.1, 0.15) is 0 Å². The van der Waals surface area contributed by atoms with Crippen LogP contribution in [-0.4, -0.2) is 4.98 Å². The van der Waals surface area contributed by atoms with Crippen molar-refractivity contribution >= 4 is 21.7 Å². The molecule has 0 bridgehead atoms. The first-order valence-corrected chi connectivity index (χ1v) is 6.08. The van der Waals surface area contributed by atoms with E-state index in [2.05, 4.69) is 26.2 Å². The van der Waals surface area contributed by atoms with Crippen molar-refractivity contribution in [1.82, 2.24) is 4.98 Å². The van der Waals surface area contributed by atoms with E-state index in [0.717, 1.165) is 10.0 Å². The molecular weight excluding hydrogens is 283 g/mol. The van der Waals surface area contributed by atoms with Gasteiger partial charge in [0, 0.05) is 10.7 Å². The SMILES string of the molecule is CC(Nc1ncccc1F)c1ccc(Br)cc1. The molecule has 0 amide bonds. The summed E-state index contributed by atoms with van der Waals surface area (Å²) >= 11 is 3.38. The Morgan fingerprint density at radius 1 is 1.24 bits per heavy atom. The topological polar surface area (TPSA) is 24.9 Å². The predicted octanol–water partition coefficient (Wildman–Crippen LogP) is 4.16. The lowest BCUT2D eigenvalue weighted by molar-refractivity contribution is 0.621. The zero-order valence-corrected chi connectivity index (χ0v) is 10.9. The lowest BCUT2D eigenvalue weighted by Crippen LogP contribution is -2.09. The zero-order chi connectivity index (χ0) is 12.3. The molecule has 0 spiro atoms. The van der Waals surface area contributed by atoms with Gasteiger partial charge in [-0.3, -0.25) is 0 Å². The van der Waals surface area contributed by atoms with E-state index in [9.17, 15) is 4.39 Å². The normalized spacial score (nSPS) is 12.2. The zero-order valence-electron chi connectivity index (χ0n) is 9.32. The van der Waals surface area contributed by atoms with Gasteiger partial charge in [0.05, 0.1) is 6.04 Å². The fourth-order valence-electron chi connectivity index (χ4n) is 1.53. The molecule has 0 aliphatic heterocycles. The summed E-state index contributed by atoms with van der Waals surface area (Å²) in [6.45, 7) is 1.97. The monoisotopic (exact) mass is 294 g/mol. The smallest absolute Gasteiger partial charge is 0.165 e. The average Bonchev–Trinajstić information content (AvgIpc) is 2.33. The van der Waals surface area contributed by atoms with Crippen molar-refractivity contribution in [2.75, 3.05) is 5.32 Å². The van der Waals surface area contributed by atoms with Crippen LogP contribution in [0.25, 0.3) is 0 Å². The van der Waals surface area contributed by atoms with E-state index in [1.165, 1.54) is 6.07 Å². The molecule has 2 aromatic rings. The first kappa shape index (κ1) is 12.0. The van der Waals surface area contributed by atoms with Gasteiger partial charge in [-0.05, 0) is 36.8 Å². The van der Waals surface area contributed by atoms with Crippen LogP contribution in [0.3, 0.4) is 0 Å². The van der Waals surface area contributed by atoms with Gasteiger partial charge in [0.15, 0.2) is 11.6 Å². The molecule has 1 atom stereocenters. The highest BCUT2D eigenvalue weighted by atomic mass is 79.9. The molecule has 88 valence electrons. The number of nitrogens with zero attached hydrogens (tertiary/aromatic N) is 1.